The molecule has 2 fully saturated rings. The highest BCUT2D eigenvalue weighted by Gasteiger charge is 2.30. The zero-order chi connectivity index (χ0) is 18.9. The lowest BCUT2D eigenvalue weighted by atomic mass is 10.2. The summed E-state index contributed by atoms with van der Waals surface area (Å²) < 4.78 is 38.9. The van der Waals surface area contributed by atoms with Gasteiger partial charge in [0.25, 0.3) is 0 Å². The summed E-state index contributed by atoms with van der Waals surface area (Å²) in [4.78, 5) is 13.9. The van der Waals surface area contributed by atoms with Crippen LogP contribution in [-0.4, -0.2) is 63.1 Å². The lowest BCUT2D eigenvalue weighted by Gasteiger charge is -2.26. The minimum atomic E-state index is -3.64. The zero-order valence-electron chi connectivity index (χ0n) is 15.2. The van der Waals surface area contributed by atoms with E-state index in [9.17, 15) is 13.2 Å². The molecule has 1 atom stereocenters. The first-order chi connectivity index (χ1) is 13.0. The van der Waals surface area contributed by atoms with Crippen LogP contribution in [0.3, 0.4) is 0 Å². The molecule has 2 aliphatic rings. The van der Waals surface area contributed by atoms with Crippen molar-refractivity contribution in [2.75, 3.05) is 39.3 Å². The van der Waals surface area contributed by atoms with Crippen molar-refractivity contribution in [3.05, 3.63) is 40.8 Å². The Balaban J connectivity index is 1.57. The summed E-state index contributed by atoms with van der Waals surface area (Å²) in [5.41, 5.74) is -0.0694. The Hall–Kier alpha value is -1.74. The van der Waals surface area contributed by atoms with Gasteiger partial charge < -0.3 is 14.1 Å². The number of rotatable bonds is 4. The van der Waals surface area contributed by atoms with Crippen LogP contribution in [0, 0.1) is 0 Å². The summed E-state index contributed by atoms with van der Waals surface area (Å²) >= 11 is 0. The van der Waals surface area contributed by atoms with E-state index in [1.165, 1.54) is 29.3 Å². The van der Waals surface area contributed by atoms with Crippen LogP contribution >= 0.6 is 0 Å². The minimum Gasteiger partial charge on any atom is -0.423 e. The third-order valence-corrected chi connectivity index (χ3v) is 7.06. The topological polar surface area (TPSA) is 80.1 Å². The summed E-state index contributed by atoms with van der Waals surface area (Å²) in [6.07, 6.45) is 2.96. The maximum Gasteiger partial charge on any atom is 0.336 e. The van der Waals surface area contributed by atoms with Gasteiger partial charge in [0.05, 0.1) is 11.0 Å². The van der Waals surface area contributed by atoms with E-state index in [2.05, 4.69) is 4.90 Å². The number of fused-ring (bicyclic) bond motifs is 1. The number of nitrogens with zero attached hydrogens (tertiary/aromatic N) is 2. The van der Waals surface area contributed by atoms with Gasteiger partial charge in [0.2, 0.25) is 10.0 Å². The van der Waals surface area contributed by atoms with Crippen molar-refractivity contribution in [1.82, 2.24) is 9.21 Å². The Morgan fingerprint density at radius 2 is 1.85 bits per heavy atom. The summed E-state index contributed by atoms with van der Waals surface area (Å²) in [6, 6.07) is 7.49. The summed E-state index contributed by atoms with van der Waals surface area (Å²) in [5.74, 6) is 0. The third kappa shape index (κ3) is 4.08. The lowest BCUT2D eigenvalue weighted by molar-refractivity contribution is 0.0382. The molecule has 0 bridgehead atoms. The van der Waals surface area contributed by atoms with Gasteiger partial charge in [-0.1, -0.05) is 0 Å². The highest BCUT2D eigenvalue weighted by atomic mass is 32.2. The monoisotopic (exact) mass is 392 g/mol. The number of hydrogen-bond acceptors (Lipinski definition) is 6. The van der Waals surface area contributed by atoms with E-state index in [-0.39, 0.29) is 11.0 Å². The zero-order valence-corrected chi connectivity index (χ0v) is 16.0. The number of hydrogen-bond donors (Lipinski definition) is 0. The van der Waals surface area contributed by atoms with E-state index < -0.39 is 15.6 Å². The van der Waals surface area contributed by atoms with Gasteiger partial charge >= 0.3 is 5.63 Å². The van der Waals surface area contributed by atoms with Crippen LogP contribution in [-0.2, 0) is 14.8 Å². The van der Waals surface area contributed by atoms with Gasteiger partial charge in [-0.3, -0.25) is 0 Å². The normalized spacial score (nSPS) is 22.9. The van der Waals surface area contributed by atoms with Gasteiger partial charge in [0, 0.05) is 37.7 Å². The van der Waals surface area contributed by atoms with E-state index in [4.69, 9.17) is 9.15 Å². The maximum absolute atomic E-state index is 13.2. The van der Waals surface area contributed by atoms with E-state index in [1.807, 2.05) is 0 Å². The number of likely N-dealkylation sites (tertiary alicyclic amines) is 1. The van der Waals surface area contributed by atoms with Crippen LogP contribution in [0.25, 0.3) is 11.0 Å². The second-order valence-corrected chi connectivity index (χ2v) is 9.11. The molecule has 0 aliphatic carbocycles. The SMILES string of the molecule is O=c1ccc2cc(S(=O)(=O)N3CCCOC(CN4CCCC4)C3)ccc2o1. The van der Waals surface area contributed by atoms with Crippen molar-refractivity contribution in [2.45, 2.75) is 30.3 Å². The maximum atomic E-state index is 13.2. The van der Waals surface area contributed by atoms with E-state index in [1.54, 1.807) is 18.2 Å². The van der Waals surface area contributed by atoms with Crippen LogP contribution in [0.5, 0.6) is 0 Å². The molecule has 146 valence electrons. The Kier molecular flexibility index (Phi) is 5.32. The van der Waals surface area contributed by atoms with E-state index in [0.717, 1.165) is 19.6 Å². The standard InChI is InChI=1S/C19H24N2O5S/c22-19-7-4-15-12-17(5-6-18(15)26-19)27(23,24)21-10-3-11-25-16(14-21)13-20-8-1-2-9-20/h4-7,12,16H,1-3,8-11,13-14H2. The second-order valence-electron chi connectivity index (χ2n) is 7.17. The van der Waals surface area contributed by atoms with Crippen LogP contribution < -0.4 is 5.63 Å². The van der Waals surface area contributed by atoms with Crippen molar-refractivity contribution >= 4 is 21.0 Å². The first-order valence-electron chi connectivity index (χ1n) is 9.40. The second kappa shape index (κ2) is 7.71. The first-order valence-corrected chi connectivity index (χ1v) is 10.8. The van der Waals surface area contributed by atoms with Crippen molar-refractivity contribution in [2.24, 2.45) is 0 Å². The van der Waals surface area contributed by atoms with E-state index in [0.29, 0.717) is 37.1 Å². The van der Waals surface area contributed by atoms with Crippen molar-refractivity contribution in [3.63, 3.8) is 0 Å². The van der Waals surface area contributed by atoms with Gasteiger partial charge in [0.15, 0.2) is 0 Å². The van der Waals surface area contributed by atoms with Gasteiger partial charge in [-0.2, -0.15) is 4.31 Å². The predicted molar refractivity (Wildman–Crippen MR) is 101 cm³/mol. The minimum absolute atomic E-state index is 0.112. The molecule has 8 heteroatoms. The van der Waals surface area contributed by atoms with Gasteiger partial charge in [-0.05, 0) is 56.6 Å². The molecule has 2 aliphatic heterocycles. The molecule has 27 heavy (non-hydrogen) atoms. The van der Waals surface area contributed by atoms with E-state index >= 15 is 0 Å². The van der Waals surface area contributed by atoms with Crippen molar-refractivity contribution in [1.29, 1.82) is 0 Å². The molecule has 0 saturated carbocycles. The van der Waals surface area contributed by atoms with Gasteiger partial charge in [0.1, 0.15) is 5.58 Å². The molecule has 1 aromatic carbocycles. The summed E-state index contributed by atoms with van der Waals surface area (Å²) in [6.45, 7) is 4.27. The lowest BCUT2D eigenvalue weighted by Crippen LogP contribution is -2.41. The fourth-order valence-corrected chi connectivity index (χ4v) is 5.35. The Bertz CT molecular complexity index is 965. The quantitative estimate of drug-likeness (QED) is 0.737. The molecular weight excluding hydrogens is 368 g/mol. The third-order valence-electron chi connectivity index (χ3n) is 5.20. The smallest absolute Gasteiger partial charge is 0.336 e. The number of sulfonamides is 1. The number of benzene rings is 1. The average Bonchev–Trinajstić information content (AvgIpc) is 3.04. The fraction of sp³-hybridized carbons (Fsp3) is 0.526. The highest BCUT2D eigenvalue weighted by molar-refractivity contribution is 7.89. The molecule has 1 unspecified atom stereocenters. The molecule has 7 nitrogen and oxygen atoms in total. The molecular formula is C19H24N2O5S. The molecule has 0 N–H and O–H groups in total. The summed E-state index contributed by atoms with van der Waals surface area (Å²) in [5, 5.41) is 0.593. The van der Waals surface area contributed by atoms with Crippen LogP contribution in [0.2, 0.25) is 0 Å². The molecule has 0 amide bonds. The van der Waals surface area contributed by atoms with Crippen LogP contribution in [0.1, 0.15) is 19.3 Å². The molecule has 3 heterocycles. The van der Waals surface area contributed by atoms with Crippen LogP contribution in [0.4, 0.5) is 0 Å². The molecule has 1 aromatic heterocycles. The highest BCUT2D eigenvalue weighted by Crippen LogP contribution is 2.23. The van der Waals surface area contributed by atoms with Crippen molar-refractivity contribution < 1.29 is 17.6 Å². The van der Waals surface area contributed by atoms with Crippen molar-refractivity contribution in [3.8, 4) is 0 Å². The molecule has 0 spiro atoms. The predicted octanol–water partition coefficient (Wildman–Crippen LogP) is 1.67. The number of ether oxygens (including phenoxy) is 1. The summed E-state index contributed by atoms with van der Waals surface area (Å²) in [7, 11) is -3.64. The van der Waals surface area contributed by atoms with Gasteiger partial charge in [-0.25, -0.2) is 13.2 Å². The largest absolute Gasteiger partial charge is 0.423 e. The first kappa shape index (κ1) is 18.6. The Morgan fingerprint density at radius 1 is 1.04 bits per heavy atom. The molecule has 2 aromatic rings. The molecule has 4 rings (SSSR count). The fourth-order valence-electron chi connectivity index (χ4n) is 3.80. The van der Waals surface area contributed by atoms with Gasteiger partial charge in [-0.15, -0.1) is 0 Å². The molecule has 2 saturated heterocycles. The molecule has 0 radical (unpaired) electrons. The Labute approximate surface area is 158 Å². The Morgan fingerprint density at radius 3 is 2.67 bits per heavy atom. The average molecular weight is 392 g/mol. The van der Waals surface area contributed by atoms with Crippen LogP contribution in [0.15, 0.2) is 44.4 Å².